The first-order valence-corrected chi connectivity index (χ1v) is 9.05. The molecule has 1 aromatic heterocycles. The molecule has 0 atom stereocenters. The highest BCUT2D eigenvalue weighted by Gasteiger charge is 2.16. The van der Waals surface area contributed by atoms with Gasteiger partial charge < -0.3 is 0 Å². The second-order valence-electron chi connectivity index (χ2n) is 5.45. The van der Waals surface area contributed by atoms with Crippen LogP contribution < -0.4 is 5.06 Å². The number of hydroxylamine groups is 1. The summed E-state index contributed by atoms with van der Waals surface area (Å²) >= 11 is 1.70. The molecule has 1 N–H and O–H groups in total. The van der Waals surface area contributed by atoms with Gasteiger partial charge in [0.2, 0.25) is 0 Å². The van der Waals surface area contributed by atoms with Crippen LogP contribution in [0.4, 0.5) is 5.69 Å². The number of thioether (sulfide) groups is 1. The van der Waals surface area contributed by atoms with E-state index in [1.165, 1.54) is 0 Å². The Morgan fingerprint density at radius 2 is 1.96 bits per heavy atom. The molecule has 1 heterocycles. The van der Waals surface area contributed by atoms with Crippen LogP contribution in [-0.2, 0) is 0 Å². The van der Waals surface area contributed by atoms with Gasteiger partial charge in [0, 0.05) is 11.8 Å². The fourth-order valence-electron chi connectivity index (χ4n) is 2.32. The van der Waals surface area contributed by atoms with Crippen molar-refractivity contribution in [3.05, 3.63) is 72.4 Å². The molecule has 6 heteroatoms. The van der Waals surface area contributed by atoms with Gasteiger partial charge in [0.1, 0.15) is 5.03 Å². The van der Waals surface area contributed by atoms with E-state index in [1.54, 1.807) is 58.9 Å². The zero-order valence-electron chi connectivity index (χ0n) is 13.9. The molecule has 0 aliphatic carbocycles. The van der Waals surface area contributed by atoms with E-state index in [-0.39, 0.29) is 0 Å². The molecule has 0 aliphatic heterocycles. The van der Waals surface area contributed by atoms with E-state index in [0.717, 1.165) is 22.9 Å². The molecule has 0 radical (unpaired) electrons. The lowest BCUT2D eigenvalue weighted by molar-refractivity contribution is 0.0855. The van der Waals surface area contributed by atoms with Crippen molar-refractivity contribution in [3.8, 4) is 5.69 Å². The topological polar surface area (TPSA) is 58.4 Å². The van der Waals surface area contributed by atoms with E-state index >= 15 is 0 Å². The van der Waals surface area contributed by atoms with Crippen LogP contribution in [0.5, 0.6) is 0 Å². The summed E-state index contributed by atoms with van der Waals surface area (Å²) in [6, 6.07) is 17.7. The number of aromatic nitrogens is 2. The molecule has 0 spiro atoms. The predicted octanol–water partition coefficient (Wildman–Crippen LogP) is 4.41. The molecule has 0 aliphatic rings. The molecular weight excluding hydrogens is 334 g/mol. The number of anilines is 1. The second-order valence-corrected chi connectivity index (χ2v) is 6.57. The van der Waals surface area contributed by atoms with Gasteiger partial charge in [0.05, 0.1) is 11.4 Å². The van der Waals surface area contributed by atoms with Gasteiger partial charge in [-0.3, -0.25) is 10.0 Å². The van der Waals surface area contributed by atoms with E-state index in [9.17, 15) is 10.0 Å². The van der Waals surface area contributed by atoms with Gasteiger partial charge in [0.15, 0.2) is 0 Å². The maximum Gasteiger partial charge on any atom is 0.281 e. The van der Waals surface area contributed by atoms with E-state index in [0.29, 0.717) is 16.3 Å². The summed E-state index contributed by atoms with van der Waals surface area (Å²) in [6.07, 6.45) is 2.96. The van der Waals surface area contributed by atoms with Gasteiger partial charge in [-0.05, 0) is 48.6 Å². The van der Waals surface area contributed by atoms with Crippen LogP contribution in [0.3, 0.4) is 0 Å². The Morgan fingerprint density at radius 3 is 2.72 bits per heavy atom. The van der Waals surface area contributed by atoms with Gasteiger partial charge in [0.25, 0.3) is 5.91 Å². The summed E-state index contributed by atoms with van der Waals surface area (Å²) in [5, 5.41) is 16.4. The SMILES string of the molecule is CCCSc1ccn(-c2cccc(N(O)C(=O)c3ccccc3)c2)n1. The van der Waals surface area contributed by atoms with E-state index in [4.69, 9.17) is 0 Å². The molecule has 5 nitrogen and oxygen atoms in total. The summed E-state index contributed by atoms with van der Waals surface area (Å²) in [5.41, 5.74) is 1.60. The molecule has 128 valence electrons. The first-order chi connectivity index (χ1) is 12.2. The number of rotatable bonds is 6. The van der Waals surface area contributed by atoms with Gasteiger partial charge in [-0.15, -0.1) is 11.8 Å². The monoisotopic (exact) mass is 353 g/mol. The lowest BCUT2D eigenvalue weighted by Gasteiger charge is -2.16. The minimum atomic E-state index is -0.475. The predicted molar refractivity (Wildman–Crippen MR) is 99.6 cm³/mol. The largest absolute Gasteiger partial charge is 0.281 e. The third-order valence-electron chi connectivity index (χ3n) is 3.57. The van der Waals surface area contributed by atoms with Crippen molar-refractivity contribution in [1.29, 1.82) is 0 Å². The Morgan fingerprint density at radius 1 is 1.16 bits per heavy atom. The van der Waals surface area contributed by atoms with Crippen molar-refractivity contribution in [2.24, 2.45) is 0 Å². The van der Waals surface area contributed by atoms with Crippen molar-refractivity contribution >= 4 is 23.4 Å². The Balaban J connectivity index is 1.81. The normalized spacial score (nSPS) is 10.6. The number of hydrogen-bond acceptors (Lipinski definition) is 4. The third-order valence-corrected chi connectivity index (χ3v) is 4.70. The summed E-state index contributed by atoms with van der Waals surface area (Å²) in [6.45, 7) is 2.13. The van der Waals surface area contributed by atoms with Crippen molar-refractivity contribution < 1.29 is 10.0 Å². The molecular formula is C19H19N3O2S. The fourth-order valence-corrected chi connectivity index (χ4v) is 3.04. The average Bonchev–Trinajstić information content (AvgIpc) is 3.15. The van der Waals surface area contributed by atoms with Crippen LogP contribution in [0, 0.1) is 0 Å². The quantitative estimate of drug-likeness (QED) is 0.405. The van der Waals surface area contributed by atoms with E-state index in [2.05, 4.69) is 12.0 Å². The highest BCUT2D eigenvalue weighted by atomic mass is 32.2. The Hall–Kier alpha value is -2.57. The molecule has 0 fully saturated rings. The van der Waals surface area contributed by atoms with Crippen LogP contribution in [0.15, 0.2) is 71.9 Å². The first kappa shape index (κ1) is 17.3. The van der Waals surface area contributed by atoms with E-state index < -0.39 is 5.91 Å². The molecule has 0 unspecified atom stereocenters. The molecule has 0 saturated carbocycles. The molecule has 3 aromatic rings. The fraction of sp³-hybridized carbons (Fsp3) is 0.158. The maximum atomic E-state index is 12.4. The zero-order chi connectivity index (χ0) is 17.6. The van der Waals surface area contributed by atoms with E-state index in [1.807, 2.05) is 24.4 Å². The highest BCUT2D eigenvalue weighted by molar-refractivity contribution is 7.99. The Kier molecular flexibility index (Phi) is 5.53. The van der Waals surface area contributed by atoms with Gasteiger partial charge >= 0.3 is 0 Å². The van der Waals surface area contributed by atoms with Gasteiger partial charge in [-0.2, -0.15) is 10.2 Å². The second kappa shape index (κ2) is 8.00. The van der Waals surface area contributed by atoms with Crippen LogP contribution in [-0.4, -0.2) is 26.6 Å². The number of amides is 1. The summed E-state index contributed by atoms with van der Waals surface area (Å²) in [4.78, 5) is 12.4. The van der Waals surface area contributed by atoms with Gasteiger partial charge in [-0.25, -0.2) is 4.68 Å². The number of carbonyl (C=O) groups excluding carboxylic acids is 1. The lowest BCUT2D eigenvalue weighted by atomic mass is 10.2. The van der Waals surface area contributed by atoms with Crippen molar-refractivity contribution in [1.82, 2.24) is 9.78 Å². The Bertz CT molecular complexity index is 849. The summed E-state index contributed by atoms with van der Waals surface area (Å²) in [5.74, 6) is 0.546. The Labute approximate surface area is 150 Å². The average molecular weight is 353 g/mol. The van der Waals surface area contributed by atoms with Crippen LogP contribution in [0.1, 0.15) is 23.7 Å². The number of nitrogens with zero attached hydrogens (tertiary/aromatic N) is 3. The van der Waals surface area contributed by atoms with Gasteiger partial charge in [-0.1, -0.05) is 31.2 Å². The van der Waals surface area contributed by atoms with Crippen LogP contribution in [0.2, 0.25) is 0 Å². The standard InChI is InChI=1S/C19H19N3O2S/c1-2-13-25-18-11-12-21(20-18)16-9-6-10-17(14-16)22(24)19(23)15-7-4-3-5-8-15/h3-12,14,24H,2,13H2,1H3. The molecule has 1 amide bonds. The molecule has 25 heavy (non-hydrogen) atoms. The summed E-state index contributed by atoms with van der Waals surface area (Å²) < 4.78 is 1.74. The molecule has 0 saturated heterocycles. The smallest absolute Gasteiger partial charge is 0.281 e. The highest BCUT2D eigenvalue weighted by Crippen LogP contribution is 2.22. The first-order valence-electron chi connectivity index (χ1n) is 8.06. The van der Waals surface area contributed by atoms with Crippen molar-refractivity contribution in [2.75, 3.05) is 10.8 Å². The maximum absolute atomic E-state index is 12.4. The number of carbonyl (C=O) groups is 1. The summed E-state index contributed by atoms with van der Waals surface area (Å²) in [7, 11) is 0. The van der Waals surface area contributed by atoms with Crippen molar-refractivity contribution in [3.63, 3.8) is 0 Å². The number of hydrogen-bond donors (Lipinski definition) is 1. The minimum Gasteiger partial charge on any atom is -0.281 e. The zero-order valence-corrected chi connectivity index (χ0v) is 14.7. The lowest BCUT2D eigenvalue weighted by Crippen LogP contribution is -2.27. The minimum absolute atomic E-state index is 0.393. The third kappa shape index (κ3) is 4.10. The number of benzene rings is 2. The molecule has 3 rings (SSSR count). The van der Waals surface area contributed by atoms with Crippen molar-refractivity contribution in [2.45, 2.75) is 18.4 Å². The molecule has 0 bridgehead atoms. The van der Waals surface area contributed by atoms with Crippen LogP contribution in [0.25, 0.3) is 5.69 Å². The molecule has 2 aromatic carbocycles. The van der Waals surface area contributed by atoms with Crippen LogP contribution >= 0.6 is 11.8 Å².